The van der Waals surface area contributed by atoms with Crippen LogP contribution in [0.15, 0.2) is 36.5 Å². The first kappa shape index (κ1) is 14.7. The summed E-state index contributed by atoms with van der Waals surface area (Å²) in [5, 5.41) is 14.8. The Morgan fingerprint density at radius 1 is 1.33 bits per heavy atom. The van der Waals surface area contributed by atoms with Crippen LogP contribution in [0.1, 0.15) is 0 Å². The molecule has 2 rings (SSSR count). The van der Waals surface area contributed by atoms with Gasteiger partial charge in [0.25, 0.3) is 0 Å². The molecule has 3 N–H and O–H groups in total. The molecular weight excluding hydrogens is 274 g/mol. The Hall–Kier alpha value is -2.67. The Kier molecular flexibility index (Phi) is 4.68. The van der Waals surface area contributed by atoms with Crippen LogP contribution in [0.4, 0.5) is 10.5 Å². The van der Waals surface area contributed by atoms with Crippen molar-refractivity contribution in [3.63, 3.8) is 0 Å². The third kappa shape index (κ3) is 3.67. The maximum absolute atomic E-state index is 11.8. The van der Waals surface area contributed by atoms with Crippen molar-refractivity contribution in [2.24, 2.45) is 0 Å². The monoisotopic (exact) mass is 289 g/mol. The molecule has 1 atom stereocenters. The van der Waals surface area contributed by atoms with E-state index < -0.39 is 18.1 Å². The lowest BCUT2D eigenvalue weighted by molar-refractivity contribution is -0.147. The molecule has 1 heterocycles. The van der Waals surface area contributed by atoms with E-state index in [1.807, 2.05) is 18.2 Å². The molecule has 7 nitrogen and oxygen atoms in total. The van der Waals surface area contributed by atoms with E-state index in [0.717, 1.165) is 5.39 Å². The van der Waals surface area contributed by atoms with Gasteiger partial charge in [-0.3, -0.25) is 4.98 Å². The third-order valence-electron chi connectivity index (χ3n) is 2.89. The molecule has 2 aromatic rings. The van der Waals surface area contributed by atoms with E-state index in [1.54, 1.807) is 18.3 Å². The van der Waals surface area contributed by atoms with Crippen molar-refractivity contribution in [2.75, 3.05) is 19.0 Å². The van der Waals surface area contributed by atoms with Crippen LogP contribution in [-0.2, 0) is 9.53 Å². The number of carbonyl (C=O) groups is 2. The molecule has 0 spiro atoms. The highest BCUT2D eigenvalue weighted by molar-refractivity contribution is 5.99. The molecule has 21 heavy (non-hydrogen) atoms. The number of nitrogens with zero attached hydrogens (tertiary/aromatic N) is 1. The normalized spacial score (nSPS) is 11.9. The highest BCUT2D eigenvalue weighted by Gasteiger charge is 2.17. The van der Waals surface area contributed by atoms with E-state index in [2.05, 4.69) is 15.6 Å². The fourth-order valence-corrected chi connectivity index (χ4v) is 1.83. The van der Waals surface area contributed by atoms with Gasteiger partial charge < -0.3 is 20.5 Å². The van der Waals surface area contributed by atoms with Crippen molar-refractivity contribution >= 4 is 28.6 Å². The largest absolute Gasteiger partial charge is 0.479 e. The number of aromatic nitrogens is 1. The summed E-state index contributed by atoms with van der Waals surface area (Å²) in [6.45, 7) is -0.129. The molecule has 0 aliphatic carbocycles. The number of hydrogen-bond donors (Lipinski definition) is 3. The molecule has 1 aromatic carbocycles. The molecule has 7 heteroatoms. The molecule has 0 bridgehead atoms. The number of anilines is 1. The summed E-state index contributed by atoms with van der Waals surface area (Å²) in [6, 6.07) is 8.58. The molecule has 1 aromatic heterocycles. The van der Waals surface area contributed by atoms with E-state index in [1.165, 1.54) is 7.11 Å². The van der Waals surface area contributed by atoms with Gasteiger partial charge in [0.2, 0.25) is 0 Å². The number of hydrogen-bond acceptors (Lipinski definition) is 4. The SMILES string of the molecule is COC(CNC(=O)Nc1cccc2cccnc12)C(=O)O. The number of pyridine rings is 1. The Balaban J connectivity index is 2.03. The van der Waals surface area contributed by atoms with Crippen LogP contribution in [0.3, 0.4) is 0 Å². The first-order valence-corrected chi connectivity index (χ1v) is 6.26. The van der Waals surface area contributed by atoms with Gasteiger partial charge in [0.1, 0.15) is 0 Å². The summed E-state index contributed by atoms with van der Waals surface area (Å²) in [6.07, 6.45) is 0.554. The third-order valence-corrected chi connectivity index (χ3v) is 2.89. The second kappa shape index (κ2) is 6.67. The van der Waals surface area contributed by atoms with E-state index in [-0.39, 0.29) is 6.54 Å². The lowest BCUT2D eigenvalue weighted by Crippen LogP contribution is -2.39. The molecule has 0 radical (unpaired) electrons. The van der Waals surface area contributed by atoms with Gasteiger partial charge in [-0.1, -0.05) is 18.2 Å². The lowest BCUT2D eigenvalue weighted by atomic mass is 10.2. The van der Waals surface area contributed by atoms with E-state index in [4.69, 9.17) is 9.84 Å². The van der Waals surface area contributed by atoms with E-state index in [0.29, 0.717) is 11.2 Å². The van der Waals surface area contributed by atoms with Crippen LogP contribution in [0.25, 0.3) is 10.9 Å². The number of amides is 2. The molecule has 0 saturated carbocycles. The summed E-state index contributed by atoms with van der Waals surface area (Å²) < 4.78 is 4.73. The standard InChI is InChI=1S/C14H15N3O4/c1-21-11(13(18)19)8-16-14(20)17-10-6-2-4-9-5-3-7-15-12(9)10/h2-7,11H,8H2,1H3,(H,18,19)(H2,16,17,20). The number of fused-ring (bicyclic) bond motifs is 1. The van der Waals surface area contributed by atoms with Crippen molar-refractivity contribution in [2.45, 2.75) is 6.10 Å². The quantitative estimate of drug-likeness (QED) is 0.773. The summed E-state index contributed by atoms with van der Waals surface area (Å²) in [5.41, 5.74) is 1.21. The maximum atomic E-state index is 11.8. The number of rotatable bonds is 5. The highest BCUT2D eigenvalue weighted by Crippen LogP contribution is 2.20. The summed E-state index contributed by atoms with van der Waals surface area (Å²) in [7, 11) is 1.27. The Labute approximate surface area is 120 Å². The number of nitrogens with one attached hydrogen (secondary N) is 2. The van der Waals surface area contributed by atoms with Crippen molar-refractivity contribution in [1.29, 1.82) is 0 Å². The molecular formula is C14H15N3O4. The predicted molar refractivity (Wildman–Crippen MR) is 77.2 cm³/mol. The van der Waals surface area contributed by atoms with Gasteiger partial charge in [-0.25, -0.2) is 9.59 Å². The molecule has 0 saturated heterocycles. The van der Waals surface area contributed by atoms with Crippen molar-refractivity contribution in [3.8, 4) is 0 Å². The molecule has 1 unspecified atom stereocenters. The van der Waals surface area contributed by atoms with Gasteiger partial charge in [-0.2, -0.15) is 0 Å². The number of methoxy groups -OCH3 is 1. The number of para-hydroxylation sites is 1. The summed E-state index contributed by atoms with van der Waals surface area (Å²) >= 11 is 0. The van der Waals surface area contributed by atoms with Crippen molar-refractivity contribution < 1.29 is 19.4 Å². The smallest absolute Gasteiger partial charge is 0.334 e. The number of carbonyl (C=O) groups excluding carboxylic acids is 1. The average Bonchev–Trinajstić information content (AvgIpc) is 2.48. The lowest BCUT2D eigenvalue weighted by Gasteiger charge is -2.13. The van der Waals surface area contributed by atoms with Crippen LogP contribution in [0.2, 0.25) is 0 Å². The van der Waals surface area contributed by atoms with Gasteiger partial charge in [0.05, 0.1) is 17.7 Å². The first-order valence-electron chi connectivity index (χ1n) is 6.26. The number of carboxylic acid groups (broad SMARTS) is 1. The van der Waals surface area contributed by atoms with Crippen LogP contribution in [0.5, 0.6) is 0 Å². The molecule has 110 valence electrons. The van der Waals surface area contributed by atoms with E-state index in [9.17, 15) is 9.59 Å². The molecule has 0 fully saturated rings. The Bertz CT molecular complexity index is 654. The number of carboxylic acids is 1. The highest BCUT2D eigenvalue weighted by atomic mass is 16.5. The zero-order valence-electron chi connectivity index (χ0n) is 11.4. The molecule has 0 aliphatic rings. The van der Waals surface area contributed by atoms with Gasteiger partial charge in [0, 0.05) is 18.7 Å². The van der Waals surface area contributed by atoms with Gasteiger partial charge in [-0.15, -0.1) is 0 Å². The maximum Gasteiger partial charge on any atom is 0.334 e. The number of benzene rings is 1. The summed E-state index contributed by atoms with van der Waals surface area (Å²) in [5.74, 6) is -1.13. The predicted octanol–water partition coefficient (Wildman–Crippen LogP) is 1.46. The zero-order valence-corrected chi connectivity index (χ0v) is 11.4. The van der Waals surface area contributed by atoms with Gasteiger partial charge in [-0.05, 0) is 12.1 Å². The molecule has 0 aliphatic heterocycles. The minimum absolute atomic E-state index is 0.129. The minimum Gasteiger partial charge on any atom is -0.479 e. The Morgan fingerprint density at radius 3 is 2.81 bits per heavy atom. The van der Waals surface area contributed by atoms with Gasteiger partial charge >= 0.3 is 12.0 Å². The van der Waals surface area contributed by atoms with Crippen molar-refractivity contribution in [1.82, 2.24) is 10.3 Å². The van der Waals surface area contributed by atoms with Crippen LogP contribution in [0, 0.1) is 0 Å². The van der Waals surface area contributed by atoms with Crippen molar-refractivity contribution in [3.05, 3.63) is 36.5 Å². The average molecular weight is 289 g/mol. The minimum atomic E-state index is -1.13. The topological polar surface area (TPSA) is 101 Å². The van der Waals surface area contributed by atoms with E-state index >= 15 is 0 Å². The Morgan fingerprint density at radius 2 is 2.10 bits per heavy atom. The number of ether oxygens (including phenoxy) is 1. The fraction of sp³-hybridized carbons (Fsp3) is 0.214. The van der Waals surface area contributed by atoms with Crippen LogP contribution in [-0.4, -0.2) is 41.8 Å². The number of urea groups is 1. The van der Waals surface area contributed by atoms with Gasteiger partial charge in [0.15, 0.2) is 6.10 Å². The second-order valence-corrected chi connectivity index (χ2v) is 4.28. The second-order valence-electron chi connectivity index (χ2n) is 4.28. The fourth-order valence-electron chi connectivity index (χ4n) is 1.83. The molecule has 2 amide bonds. The number of aliphatic carboxylic acids is 1. The zero-order chi connectivity index (χ0) is 15.2. The first-order chi connectivity index (χ1) is 10.1. The summed E-state index contributed by atoms with van der Waals surface area (Å²) in [4.78, 5) is 26.8. The van der Waals surface area contributed by atoms with Crippen LogP contribution >= 0.6 is 0 Å². The van der Waals surface area contributed by atoms with Crippen LogP contribution < -0.4 is 10.6 Å².